The zero-order chi connectivity index (χ0) is 22.5. The number of anilines is 4. The Labute approximate surface area is 193 Å². The minimum atomic E-state index is 0.122. The van der Waals surface area contributed by atoms with Gasteiger partial charge in [0, 0.05) is 12.6 Å². The van der Waals surface area contributed by atoms with Crippen LogP contribution in [0.2, 0.25) is 0 Å². The molecular formula is C25H30N8. The number of rotatable bonds is 3. The average Bonchev–Trinajstić information content (AvgIpc) is 3.28. The van der Waals surface area contributed by atoms with Crippen LogP contribution < -0.4 is 15.1 Å². The van der Waals surface area contributed by atoms with E-state index in [9.17, 15) is 0 Å². The van der Waals surface area contributed by atoms with Gasteiger partial charge in [0.25, 0.3) is 0 Å². The molecule has 4 aliphatic carbocycles. The molecule has 4 saturated carbocycles. The summed E-state index contributed by atoms with van der Waals surface area (Å²) < 4.78 is 1.76. The summed E-state index contributed by atoms with van der Waals surface area (Å²) in [4.78, 5) is 18.6. The molecule has 4 bridgehead atoms. The molecule has 8 rings (SSSR count). The van der Waals surface area contributed by atoms with Crippen molar-refractivity contribution in [1.29, 1.82) is 0 Å². The van der Waals surface area contributed by atoms with Crippen LogP contribution in [0.4, 0.5) is 23.1 Å². The summed E-state index contributed by atoms with van der Waals surface area (Å²) in [6.45, 7) is 9.08. The van der Waals surface area contributed by atoms with Crippen molar-refractivity contribution in [3.8, 4) is 0 Å². The van der Waals surface area contributed by atoms with Crippen LogP contribution in [0.25, 0.3) is 5.65 Å². The lowest BCUT2D eigenvalue weighted by Crippen LogP contribution is -2.62. The number of hydrogen-bond acceptors (Lipinski definition) is 7. The minimum Gasteiger partial charge on any atom is -0.327 e. The van der Waals surface area contributed by atoms with Gasteiger partial charge in [-0.15, -0.1) is 0 Å². The second-order valence-corrected chi connectivity index (χ2v) is 11.3. The molecule has 4 heterocycles. The molecule has 0 saturated heterocycles. The van der Waals surface area contributed by atoms with Crippen LogP contribution in [0.1, 0.15) is 51.0 Å². The van der Waals surface area contributed by atoms with E-state index in [-0.39, 0.29) is 5.54 Å². The van der Waals surface area contributed by atoms with E-state index < -0.39 is 0 Å². The van der Waals surface area contributed by atoms with E-state index in [1.165, 1.54) is 38.5 Å². The van der Waals surface area contributed by atoms with E-state index in [2.05, 4.69) is 57.7 Å². The molecule has 3 aromatic heterocycles. The lowest BCUT2D eigenvalue weighted by molar-refractivity contribution is -0.0572. The zero-order valence-corrected chi connectivity index (χ0v) is 19.5. The first-order valence-electron chi connectivity index (χ1n) is 12.0. The highest BCUT2D eigenvalue weighted by atomic mass is 15.5. The standard InChI is InChI=1S/C25H30N8/c1-15-5-21-27-14-28-32(21)12-19(15)29-23-26-11-20-22(30-23)33(16(2)31(20)4)25-9-17-6-18(10-25)8-24(3,7-17)13-25/h5,11-12,14,17-18H,2,6-10,13H2,1,3-4H3,(H,26,29,30). The van der Waals surface area contributed by atoms with Crippen molar-refractivity contribution in [2.24, 2.45) is 17.3 Å². The zero-order valence-electron chi connectivity index (χ0n) is 19.5. The van der Waals surface area contributed by atoms with Gasteiger partial charge in [-0.05, 0) is 74.3 Å². The summed E-state index contributed by atoms with van der Waals surface area (Å²) >= 11 is 0. The molecular weight excluding hydrogens is 412 g/mol. The summed E-state index contributed by atoms with van der Waals surface area (Å²) in [5, 5.41) is 7.69. The quantitative estimate of drug-likeness (QED) is 0.632. The highest BCUT2D eigenvalue weighted by molar-refractivity contribution is 5.80. The molecule has 33 heavy (non-hydrogen) atoms. The van der Waals surface area contributed by atoms with Crippen molar-refractivity contribution < 1.29 is 0 Å². The summed E-state index contributed by atoms with van der Waals surface area (Å²) in [7, 11) is 2.09. The van der Waals surface area contributed by atoms with Gasteiger partial charge in [-0.25, -0.2) is 14.5 Å². The Bertz CT molecular complexity index is 1290. The van der Waals surface area contributed by atoms with Crippen molar-refractivity contribution in [2.75, 3.05) is 22.2 Å². The third-order valence-electron chi connectivity index (χ3n) is 8.63. The molecule has 1 N–H and O–H groups in total. The number of aryl methyl sites for hydroxylation is 1. The van der Waals surface area contributed by atoms with Crippen LogP contribution in [-0.4, -0.2) is 37.2 Å². The Morgan fingerprint density at radius 3 is 2.70 bits per heavy atom. The van der Waals surface area contributed by atoms with E-state index in [1.807, 2.05) is 18.5 Å². The second-order valence-electron chi connectivity index (χ2n) is 11.3. The van der Waals surface area contributed by atoms with Crippen molar-refractivity contribution in [3.05, 3.63) is 42.8 Å². The van der Waals surface area contributed by atoms with E-state index in [1.54, 1.807) is 10.8 Å². The maximum Gasteiger partial charge on any atom is 0.229 e. The number of nitrogens with zero attached hydrogens (tertiary/aromatic N) is 7. The summed E-state index contributed by atoms with van der Waals surface area (Å²) in [5.41, 5.74) is 4.43. The second kappa shape index (κ2) is 6.24. The molecule has 8 nitrogen and oxygen atoms in total. The van der Waals surface area contributed by atoms with Gasteiger partial charge in [-0.1, -0.05) is 13.5 Å². The third-order valence-corrected chi connectivity index (χ3v) is 8.63. The van der Waals surface area contributed by atoms with Crippen LogP contribution >= 0.6 is 0 Å². The van der Waals surface area contributed by atoms with Gasteiger partial charge in [0.1, 0.15) is 17.8 Å². The molecule has 3 aromatic rings. The molecule has 0 spiro atoms. The normalized spacial score (nSPS) is 32.2. The van der Waals surface area contributed by atoms with E-state index in [4.69, 9.17) is 4.98 Å². The molecule has 4 fully saturated rings. The Kier molecular flexibility index (Phi) is 3.66. The summed E-state index contributed by atoms with van der Waals surface area (Å²) in [5.74, 6) is 4.28. The molecule has 170 valence electrons. The average molecular weight is 443 g/mol. The first kappa shape index (κ1) is 19.3. The number of fused-ring (bicyclic) bond motifs is 2. The van der Waals surface area contributed by atoms with Gasteiger partial charge in [-0.2, -0.15) is 10.1 Å². The Morgan fingerprint density at radius 1 is 1.15 bits per heavy atom. The predicted octanol–water partition coefficient (Wildman–Crippen LogP) is 4.66. The van der Waals surface area contributed by atoms with E-state index in [0.29, 0.717) is 11.4 Å². The fourth-order valence-electron chi connectivity index (χ4n) is 7.88. The Hall–Kier alpha value is -3.16. The molecule has 2 atom stereocenters. The predicted molar refractivity (Wildman–Crippen MR) is 129 cm³/mol. The molecule has 8 heteroatoms. The summed E-state index contributed by atoms with van der Waals surface area (Å²) in [6.07, 6.45) is 13.3. The molecule has 0 radical (unpaired) electrons. The fourth-order valence-corrected chi connectivity index (χ4v) is 7.88. The number of aromatic nitrogens is 5. The maximum absolute atomic E-state index is 5.08. The Balaban J connectivity index is 1.29. The molecule has 0 amide bonds. The van der Waals surface area contributed by atoms with Crippen LogP contribution in [-0.2, 0) is 0 Å². The topological polar surface area (TPSA) is 74.5 Å². The van der Waals surface area contributed by atoms with E-state index >= 15 is 0 Å². The monoisotopic (exact) mass is 442 g/mol. The SMILES string of the molecule is C=C1N(C)c2cnc(Nc3cn4ncnc4cc3C)nc2N1C12CC3CC(CC(C)(C3)C1)C2. The van der Waals surface area contributed by atoms with Gasteiger partial charge in [0.15, 0.2) is 11.5 Å². The summed E-state index contributed by atoms with van der Waals surface area (Å²) in [6, 6.07) is 2.01. The first-order valence-corrected chi connectivity index (χ1v) is 12.0. The van der Waals surface area contributed by atoms with E-state index in [0.717, 1.165) is 46.1 Å². The smallest absolute Gasteiger partial charge is 0.229 e. The van der Waals surface area contributed by atoms with Crippen molar-refractivity contribution >= 4 is 28.8 Å². The minimum absolute atomic E-state index is 0.122. The van der Waals surface area contributed by atoms with Gasteiger partial charge >= 0.3 is 0 Å². The van der Waals surface area contributed by atoms with Gasteiger partial charge in [0.05, 0.1) is 18.1 Å². The van der Waals surface area contributed by atoms with Crippen LogP contribution in [0.15, 0.2) is 37.2 Å². The first-order chi connectivity index (χ1) is 15.8. The third kappa shape index (κ3) is 2.69. The number of pyridine rings is 1. The lowest BCUT2D eigenvalue weighted by atomic mass is 9.47. The fraction of sp³-hybridized carbons (Fsp3) is 0.520. The van der Waals surface area contributed by atoms with Gasteiger partial charge in [-0.3, -0.25) is 0 Å². The van der Waals surface area contributed by atoms with Gasteiger partial charge in [0.2, 0.25) is 5.95 Å². The van der Waals surface area contributed by atoms with Crippen LogP contribution in [0.5, 0.6) is 0 Å². The maximum atomic E-state index is 5.08. The largest absolute Gasteiger partial charge is 0.327 e. The molecule has 1 aliphatic heterocycles. The molecule has 0 aromatic carbocycles. The highest BCUT2D eigenvalue weighted by Gasteiger charge is 2.60. The van der Waals surface area contributed by atoms with Gasteiger partial charge < -0.3 is 15.1 Å². The van der Waals surface area contributed by atoms with Crippen LogP contribution in [0.3, 0.4) is 0 Å². The van der Waals surface area contributed by atoms with Crippen LogP contribution in [0, 0.1) is 24.2 Å². The highest BCUT2D eigenvalue weighted by Crippen LogP contribution is 2.65. The molecule has 2 unspecified atom stereocenters. The van der Waals surface area contributed by atoms with Crippen molar-refractivity contribution in [2.45, 2.75) is 57.9 Å². The number of hydrogen-bond donors (Lipinski definition) is 1. The Morgan fingerprint density at radius 2 is 1.94 bits per heavy atom. The van der Waals surface area contributed by atoms with Crippen molar-refractivity contribution in [1.82, 2.24) is 24.6 Å². The molecule has 5 aliphatic rings. The number of nitrogens with one attached hydrogen (secondary N) is 1. The lowest BCUT2D eigenvalue weighted by Gasteiger charge is -2.63. The van der Waals surface area contributed by atoms with Crippen molar-refractivity contribution in [3.63, 3.8) is 0 Å².